The van der Waals surface area contributed by atoms with Crippen LogP contribution in [0.15, 0.2) is 29.7 Å². The summed E-state index contributed by atoms with van der Waals surface area (Å²) < 4.78 is 15.8. The van der Waals surface area contributed by atoms with Crippen molar-refractivity contribution in [1.29, 1.82) is 0 Å². The van der Waals surface area contributed by atoms with Crippen molar-refractivity contribution in [2.45, 2.75) is 0 Å². The van der Waals surface area contributed by atoms with E-state index in [1.165, 1.54) is 38.9 Å². The first kappa shape index (κ1) is 17.6. The molecule has 24 heavy (non-hydrogen) atoms. The lowest BCUT2D eigenvalue weighted by Gasteiger charge is -2.13. The van der Waals surface area contributed by atoms with Gasteiger partial charge in [0.25, 0.3) is 0 Å². The maximum Gasteiger partial charge on any atom is 0.345 e. The van der Waals surface area contributed by atoms with Crippen molar-refractivity contribution in [2.75, 3.05) is 21.3 Å². The topological polar surface area (TPSA) is 82.1 Å². The lowest BCUT2D eigenvalue weighted by Crippen LogP contribution is -1.97. The zero-order valence-electron chi connectivity index (χ0n) is 13.4. The van der Waals surface area contributed by atoms with Gasteiger partial charge in [-0.25, -0.2) is 4.79 Å². The first-order chi connectivity index (χ1) is 11.5. The van der Waals surface area contributed by atoms with Gasteiger partial charge in [0.2, 0.25) is 5.75 Å². The van der Waals surface area contributed by atoms with Crippen molar-refractivity contribution in [2.24, 2.45) is 0 Å². The fourth-order valence-corrected chi connectivity index (χ4v) is 2.83. The Morgan fingerprint density at radius 2 is 1.79 bits per heavy atom. The molecule has 0 aliphatic rings. The third-order valence-electron chi connectivity index (χ3n) is 3.24. The highest BCUT2D eigenvalue weighted by Crippen LogP contribution is 2.40. The normalized spacial score (nSPS) is 10.6. The van der Waals surface area contributed by atoms with E-state index in [1.54, 1.807) is 18.2 Å². The number of carbonyl (C=O) groups excluding carboxylic acids is 1. The number of allylic oxidation sites excluding steroid dienone is 1. The first-order valence-corrected chi connectivity index (χ1v) is 7.73. The molecule has 0 saturated carbocycles. The number of carbonyl (C=O) groups is 2. The molecule has 0 bridgehead atoms. The molecule has 0 fully saturated rings. The zero-order chi connectivity index (χ0) is 17.7. The van der Waals surface area contributed by atoms with Crippen molar-refractivity contribution in [3.63, 3.8) is 0 Å². The van der Waals surface area contributed by atoms with Gasteiger partial charge in [0.05, 0.1) is 21.3 Å². The lowest BCUT2D eigenvalue weighted by atomic mass is 10.1. The highest BCUT2D eigenvalue weighted by molar-refractivity contribution is 7.12. The number of ketones is 1. The summed E-state index contributed by atoms with van der Waals surface area (Å²) in [5.74, 6) is 0.0395. The van der Waals surface area contributed by atoms with Crippen LogP contribution in [-0.2, 0) is 0 Å². The van der Waals surface area contributed by atoms with Gasteiger partial charge in [-0.15, -0.1) is 11.3 Å². The molecule has 126 valence electrons. The molecule has 0 radical (unpaired) electrons. The van der Waals surface area contributed by atoms with Crippen LogP contribution in [0.5, 0.6) is 17.2 Å². The summed E-state index contributed by atoms with van der Waals surface area (Å²) in [5.41, 5.74) is 0.963. The van der Waals surface area contributed by atoms with Crippen molar-refractivity contribution < 1.29 is 28.9 Å². The third kappa shape index (κ3) is 3.57. The Morgan fingerprint density at radius 1 is 1.08 bits per heavy atom. The van der Waals surface area contributed by atoms with E-state index in [0.29, 0.717) is 28.4 Å². The minimum absolute atomic E-state index is 0.121. The maximum absolute atomic E-state index is 12.2. The second-order valence-electron chi connectivity index (χ2n) is 4.63. The Bertz CT molecular complexity index is 790. The van der Waals surface area contributed by atoms with Crippen molar-refractivity contribution >= 4 is 29.2 Å². The summed E-state index contributed by atoms with van der Waals surface area (Å²) in [7, 11) is 4.51. The fraction of sp³-hybridized carbons (Fsp3) is 0.176. The number of hydrogen-bond acceptors (Lipinski definition) is 6. The third-order valence-corrected chi connectivity index (χ3v) is 4.16. The highest BCUT2D eigenvalue weighted by Gasteiger charge is 2.15. The Morgan fingerprint density at radius 3 is 2.33 bits per heavy atom. The van der Waals surface area contributed by atoms with Crippen LogP contribution in [0.25, 0.3) is 6.08 Å². The van der Waals surface area contributed by atoms with Crippen LogP contribution in [0.3, 0.4) is 0 Å². The van der Waals surface area contributed by atoms with Crippen molar-refractivity contribution in [3.8, 4) is 17.2 Å². The van der Waals surface area contributed by atoms with Crippen molar-refractivity contribution in [1.82, 2.24) is 0 Å². The smallest absolute Gasteiger partial charge is 0.345 e. The molecule has 0 unspecified atom stereocenters. The Labute approximate surface area is 142 Å². The molecule has 1 aromatic carbocycles. The van der Waals surface area contributed by atoms with Gasteiger partial charge in [-0.05, 0) is 30.4 Å². The van der Waals surface area contributed by atoms with E-state index in [0.717, 1.165) is 11.3 Å². The molecule has 7 heteroatoms. The predicted octanol–water partition coefficient (Wildman–Crippen LogP) is 3.37. The molecule has 1 heterocycles. The molecule has 1 N–H and O–H groups in total. The van der Waals surface area contributed by atoms with Gasteiger partial charge in [-0.1, -0.05) is 0 Å². The molecule has 0 aliphatic carbocycles. The number of rotatable bonds is 7. The molecular formula is C17H16O6S. The Hall–Kier alpha value is -2.80. The predicted molar refractivity (Wildman–Crippen MR) is 90.7 cm³/mol. The zero-order valence-corrected chi connectivity index (χ0v) is 14.2. The van der Waals surface area contributed by atoms with Crippen LogP contribution in [0.1, 0.15) is 25.6 Å². The van der Waals surface area contributed by atoms with E-state index in [2.05, 4.69) is 0 Å². The summed E-state index contributed by atoms with van der Waals surface area (Å²) in [5, 5.41) is 10.4. The van der Waals surface area contributed by atoms with Crippen LogP contribution >= 0.6 is 11.3 Å². The molecule has 0 atom stereocenters. The van der Waals surface area contributed by atoms with Gasteiger partial charge in [0.1, 0.15) is 4.88 Å². The number of methoxy groups -OCH3 is 3. The van der Waals surface area contributed by atoms with Crippen LogP contribution < -0.4 is 14.2 Å². The number of thiophene rings is 1. The molecule has 0 spiro atoms. The minimum atomic E-state index is -1.05. The molecule has 2 rings (SSSR count). The van der Waals surface area contributed by atoms with E-state index >= 15 is 0 Å². The van der Waals surface area contributed by atoms with Gasteiger partial charge in [0, 0.05) is 16.5 Å². The van der Waals surface area contributed by atoms with Gasteiger partial charge < -0.3 is 19.3 Å². The molecule has 6 nitrogen and oxygen atoms in total. The average molecular weight is 348 g/mol. The molecule has 2 aromatic rings. The monoisotopic (exact) mass is 348 g/mol. The first-order valence-electron chi connectivity index (χ1n) is 6.85. The number of ether oxygens (including phenoxy) is 3. The van der Waals surface area contributed by atoms with E-state index in [4.69, 9.17) is 19.3 Å². The van der Waals surface area contributed by atoms with Crippen LogP contribution in [-0.4, -0.2) is 38.2 Å². The summed E-state index contributed by atoms with van der Waals surface area (Å²) in [6.45, 7) is 0. The van der Waals surface area contributed by atoms with E-state index in [-0.39, 0.29) is 10.7 Å². The van der Waals surface area contributed by atoms with Crippen LogP contribution in [0.4, 0.5) is 0 Å². The maximum atomic E-state index is 12.2. The van der Waals surface area contributed by atoms with E-state index < -0.39 is 5.97 Å². The van der Waals surface area contributed by atoms with Gasteiger partial charge in [-0.3, -0.25) is 4.79 Å². The summed E-state index contributed by atoms with van der Waals surface area (Å²) >= 11 is 1.01. The number of carboxylic acids is 1. The molecule has 0 saturated heterocycles. The number of benzene rings is 1. The minimum Gasteiger partial charge on any atom is -0.493 e. The fourth-order valence-electron chi connectivity index (χ4n) is 2.09. The molecule has 1 aromatic heterocycles. The quantitative estimate of drug-likeness (QED) is 0.610. The standard InChI is InChI=1S/C17H16O6S/c1-21-13-7-5-10(15(22-2)16(13)23-3)4-6-12(18)11-8-14(17(19)20)24-9-11/h4-9H,1-3H3,(H,19,20)/b6-4+. The van der Waals surface area contributed by atoms with Gasteiger partial charge in [-0.2, -0.15) is 0 Å². The summed E-state index contributed by atoms with van der Waals surface area (Å²) in [4.78, 5) is 23.2. The number of carboxylic acid groups (broad SMARTS) is 1. The average Bonchev–Trinajstić information content (AvgIpc) is 3.09. The number of hydrogen-bond donors (Lipinski definition) is 1. The van der Waals surface area contributed by atoms with E-state index in [1.807, 2.05) is 0 Å². The second kappa shape index (κ2) is 7.65. The highest BCUT2D eigenvalue weighted by atomic mass is 32.1. The van der Waals surface area contributed by atoms with E-state index in [9.17, 15) is 9.59 Å². The largest absolute Gasteiger partial charge is 0.493 e. The molecule has 0 aliphatic heterocycles. The molecular weight excluding hydrogens is 332 g/mol. The van der Waals surface area contributed by atoms with Crippen molar-refractivity contribution in [3.05, 3.63) is 45.7 Å². The van der Waals surface area contributed by atoms with Gasteiger partial charge >= 0.3 is 5.97 Å². The Balaban J connectivity index is 2.30. The second-order valence-corrected chi connectivity index (χ2v) is 5.54. The van der Waals surface area contributed by atoms with Crippen LogP contribution in [0, 0.1) is 0 Å². The SMILES string of the molecule is COc1ccc(/C=C/C(=O)c2csc(C(=O)O)c2)c(OC)c1OC. The summed E-state index contributed by atoms with van der Waals surface area (Å²) in [6.07, 6.45) is 2.94. The van der Waals surface area contributed by atoms with Gasteiger partial charge in [0.15, 0.2) is 17.3 Å². The number of aromatic carboxylic acids is 1. The van der Waals surface area contributed by atoms with Crippen LogP contribution in [0.2, 0.25) is 0 Å². The summed E-state index contributed by atoms with van der Waals surface area (Å²) in [6, 6.07) is 4.80. The molecule has 0 amide bonds. The lowest BCUT2D eigenvalue weighted by molar-refractivity contribution is 0.0702. The Kier molecular flexibility index (Phi) is 5.59.